The zero-order valence-corrected chi connectivity index (χ0v) is 11.5. The second kappa shape index (κ2) is 5.56. The van der Waals surface area contributed by atoms with Crippen LogP contribution in [0, 0.1) is 21.8 Å². The molecule has 0 N–H and O–H groups in total. The van der Waals surface area contributed by atoms with Crippen molar-refractivity contribution in [3.63, 3.8) is 0 Å². The molecule has 1 aromatic rings. The van der Waals surface area contributed by atoms with Crippen molar-refractivity contribution in [2.75, 3.05) is 6.54 Å². The number of hydrogen-bond donors (Lipinski definition) is 0. The zero-order chi connectivity index (χ0) is 14.9. The summed E-state index contributed by atoms with van der Waals surface area (Å²) in [6.45, 7) is 4.47. The first-order valence-electron chi connectivity index (χ1n) is 6.65. The normalized spacial score (nSPS) is 14.4. The molecule has 1 fully saturated rings. The Balaban J connectivity index is 2.22. The lowest BCUT2D eigenvalue weighted by atomic mass is 10.1. The van der Waals surface area contributed by atoms with E-state index in [9.17, 15) is 19.3 Å². The molecule has 1 aromatic carbocycles. The predicted octanol–water partition coefficient (Wildman–Crippen LogP) is 2.99. The summed E-state index contributed by atoms with van der Waals surface area (Å²) >= 11 is 0. The molecule has 0 saturated heterocycles. The number of nitro groups is 1. The van der Waals surface area contributed by atoms with Crippen LogP contribution in [0.3, 0.4) is 0 Å². The quantitative estimate of drug-likeness (QED) is 0.615. The van der Waals surface area contributed by atoms with Crippen molar-refractivity contribution in [1.82, 2.24) is 4.90 Å². The van der Waals surface area contributed by atoms with E-state index >= 15 is 0 Å². The fourth-order valence-electron chi connectivity index (χ4n) is 2.06. The molecule has 6 heteroatoms. The lowest BCUT2D eigenvalue weighted by Crippen LogP contribution is -2.38. The SMILES string of the molecule is CC(C)N(CC1CC1)C(=O)c1ccc([N+](=O)[O-])c(F)c1. The molecule has 0 aliphatic heterocycles. The Kier molecular flexibility index (Phi) is 4.01. The molecule has 1 aliphatic rings. The standard InChI is InChI=1S/C14H17FN2O3/c1-9(2)16(8-10-3-4-10)14(18)11-5-6-13(17(19)20)12(15)7-11/h5-7,9-10H,3-4,8H2,1-2H3. The predicted molar refractivity (Wildman–Crippen MR) is 72.0 cm³/mol. The molecule has 1 aliphatic carbocycles. The minimum Gasteiger partial charge on any atom is -0.336 e. The molecular formula is C14H17FN2O3. The summed E-state index contributed by atoms with van der Waals surface area (Å²) in [5.41, 5.74) is -0.456. The van der Waals surface area contributed by atoms with Crippen LogP contribution in [0.25, 0.3) is 0 Å². The number of benzene rings is 1. The van der Waals surface area contributed by atoms with Gasteiger partial charge in [-0.05, 0) is 44.7 Å². The summed E-state index contributed by atoms with van der Waals surface area (Å²) in [6, 6.07) is 3.31. The molecule has 108 valence electrons. The number of hydrogen-bond acceptors (Lipinski definition) is 3. The number of halogens is 1. The maximum Gasteiger partial charge on any atom is 0.304 e. The summed E-state index contributed by atoms with van der Waals surface area (Å²) in [5, 5.41) is 10.6. The van der Waals surface area contributed by atoms with Crippen molar-refractivity contribution in [2.24, 2.45) is 5.92 Å². The Hall–Kier alpha value is -1.98. The highest BCUT2D eigenvalue weighted by molar-refractivity contribution is 5.94. The van der Waals surface area contributed by atoms with E-state index < -0.39 is 16.4 Å². The third-order valence-electron chi connectivity index (χ3n) is 3.43. The van der Waals surface area contributed by atoms with E-state index in [4.69, 9.17) is 0 Å². The number of carbonyl (C=O) groups is 1. The van der Waals surface area contributed by atoms with Crippen LogP contribution in [0.2, 0.25) is 0 Å². The van der Waals surface area contributed by atoms with Gasteiger partial charge in [-0.3, -0.25) is 14.9 Å². The van der Waals surface area contributed by atoms with Crippen molar-refractivity contribution in [3.8, 4) is 0 Å². The summed E-state index contributed by atoms with van der Waals surface area (Å²) < 4.78 is 13.6. The van der Waals surface area contributed by atoms with Crippen LogP contribution >= 0.6 is 0 Å². The summed E-state index contributed by atoms with van der Waals surface area (Å²) in [4.78, 5) is 23.8. The molecule has 2 rings (SSSR count). The van der Waals surface area contributed by atoms with Gasteiger partial charge >= 0.3 is 5.69 Å². The van der Waals surface area contributed by atoms with Crippen LogP contribution in [0.5, 0.6) is 0 Å². The molecule has 1 amide bonds. The topological polar surface area (TPSA) is 63.5 Å². The molecule has 0 radical (unpaired) electrons. The Bertz CT molecular complexity index is 541. The molecule has 0 bridgehead atoms. The lowest BCUT2D eigenvalue weighted by molar-refractivity contribution is -0.387. The fourth-order valence-corrected chi connectivity index (χ4v) is 2.06. The number of carbonyl (C=O) groups excluding carboxylic acids is 1. The molecule has 20 heavy (non-hydrogen) atoms. The highest BCUT2D eigenvalue weighted by Crippen LogP contribution is 2.31. The second-order valence-corrected chi connectivity index (χ2v) is 5.42. The third-order valence-corrected chi connectivity index (χ3v) is 3.43. The molecule has 1 saturated carbocycles. The van der Waals surface area contributed by atoms with Crippen molar-refractivity contribution in [1.29, 1.82) is 0 Å². The zero-order valence-electron chi connectivity index (χ0n) is 11.5. The maximum atomic E-state index is 13.6. The van der Waals surface area contributed by atoms with Crippen LogP contribution in [0.15, 0.2) is 18.2 Å². The molecule has 0 spiro atoms. The van der Waals surface area contributed by atoms with Crippen LogP contribution in [0.1, 0.15) is 37.0 Å². The molecule has 0 unspecified atom stereocenters. The Morgan fingerprint density at radius 1 is 1.50 bits per heavy atom. The van der Waals surface area contributed by atoms with Gasteiger partial charge in [0.05, 0.1) is 4.92 Å². The van der Waals surface area contributed by atoms with Crippen molar-refractivity contribution >= 4 is 11.6 Å². The number of rotatable bonds is 5. The van der Waals surface area contributed by atoms with Gasteiger partial charge in [-0.25, -0.2) is 0 Å². The van der Waals surface area contributed by atoms with Gasteiger partial charge in [-0.2, -0.15) is 4.39 Å². The van der Waals surface area contributed by atoms with E-state index in [0.717, 1.165) is 25.0 Å². The van der Waals surface area contributed by atoms with Gasteiger partial charge < -0.3 is 4.90 Å². The molecular weight excluding hydrogens is 263 g/mol. The van der Waals surface area contributed by atoms with E-state index in [2.05, 4.69) is 0 Å². The molecule has 0 aromatic heterocycles. The molecule has 0 atom stereocenters. The maximum absolute atomic E-state index is 13.6. The third kappa shape index (κ3) is 3.12. The van der Waals surface area contributed by atoms with Crippen LogP contribution in [-0.2, 0) is 0 Å². The van der Waals surface area contributed by atoms with Gasteiger partial charge in [0, 0.05) is 24.2 Å². The Morgan fingerprint density at radius 2 is 2.15 bits per heavy atom. The lowest BCUT2D eigenvalue weighted by Gasteiger charge is -2.26. The minimum absolute atomic E-state index is 0.0151. The van der Waals surface area contributed by atoms with Crippen LogP contribution in [-0.4, -0.2) is 28.3 Å². The fraction of sp³-hybridized carbons (Fsp3) is 0.500. The highest BCUT2D eigenvalue weighted by Gasteiger charge is 2.29. The highest BCUT2D eigenvalue weighted by atomic mass is 19.1. The first-order chi connectivity index (χ1) is 9.40. The van der Waals surface area contributed by atoms with Gasteiger partial charge in [0.2, 0.25) is 5.82 Å². The van der Waals surface area contributed by atoms with E-state index in [-0.39, 0.29) is 17.5 Å². The monoisotopic (exact) mass is 280 g/mol. The van der Waals surface area contributed by atoms with E-state index in [0.29, 0.717) is 12.5 Å². The summed E-state index contributed by atoms with van der Waals surface area (Å²) in [6.07, 6.45) is 2.23. The van der Waals surface area contributed by atoms with E-state index in [1.54, 1.807) is 4.90 Å². The summed E-state index contributed by atoms with van der Waals surface area (Å²) in [7, 11) is 0. The smallest absolute Gasteiger partial charge is 0.304 e. The van der Waals surface area contributed by atoms with Crippen molar-refractivity contribution < 1.29 is 14.1 Å². The number of nitrogens with zero attached hydrogens (tertiary/aromatic N) is 2. The first kappa shape index (κ1) is 14.4. The molecule has 0 heterocycles. The van der Waals surface area contributed by atoms with Gasteiger partial charge in [0.25, 0.3) is 5.91 Å². The Morgan fingerprint density at radius 3 is 2.60 bits per heavy atom. The number of nitro benzene ring substituents is 1. The largest absolute Gasteiger partial charge is 0.336 e. The summed E-state index contributed by atoms with van der Waals surface area (Å²) in [5.74, 6) is -0.721. The van der Waals surface area contributed by atoms with Crippen LogP contribution < -0.4 is 0 Å². The minimum atomic E-state index is -0.976. The van der Waals surface area contributed by atoms with E-state index in [1.165, 1.54) is 6.07 Å². The average molecular weight is 280 g/mol. The average Bonchev–Trinajstić information content (AvgIpc) is 3.18. The molecule has 5 nitrogen and oxygen atoms in total. The Labute approximate surface area is 116 Å². The first-order valence-corrected chi connectivity index (χ1v) is 6.65. The van der Waals surface area contributed by atoms with Crippen molar-refractivity contribution in [3.05, 3.63) is 39.7 Å². The van der Waals surface area contributed by atoms with Gasteiger partial charge in [0.1, 0.15) is 0 Å². The van der Waals surface area contributed by atoms with E-state index in [1.807, 2.05) is 13.8 Å². The van der Waals surface area contributed by atoms with Crippen LogP contribution in [0.4, 0.5) is 10.1 Å². The van der Waals surface area contributed by atoms with Gasteiger partial charge in [0.15, 0.2) is 0 Å². The number of amides is 1. The van der Waals surface area contributed by atoms with Crippen molar-refractivity contribution in [2.45, 2.75) is 32.7 Å². The van der Waals surface area contributed by atoms with Gasteiger partial charge in [-0.1, -0.05) is 0 Å². The second-order valence-electron chi connectivity index (χ2n) is 5.42. The van der Waals surface area contributed by atoms with Gasteiger partial charge in [-0.15, -0.1) is 0 Å².